The standard InChI is InChI=1S/C3HF5.C3H5F/c4-1-2(5)3(6,7)8;1-2-3-4/h1H;2H,1,3H2. The maximum Gasteiger partial charge on any atom is 0.445 e. The molecular formula is C6H6F6. The van der Waals surface area contributed by atoms with Crippen LogP contribution in [0, 0.1) is 0 Å². The van der Waals surface area contributed by atoms with Crippen molar-refractivity contribution in [2.75, 3.05) is 6.67 Å². The molecule has 0 saturated heterocycles. The summed E-state index contributed by atoms with van der Waals surface area (Å²) >= 11 is 0. The molecule has 72 valence electrons. The highest BCUT2D eigenvalue weighted by Gasteiger charge is 2.34. The minimum atomic E-state index is -5.17. The van der Waals surface area contributed by atoms with Gasteiger partial charge in [0.25, 0.3) is 0 Å². The third kappa shape index (κ3) is 9.06. The van der Waals surface area contributed by atoms with Gasteiger partial charge in [-0.2, -0.15) is 17.6 Å². The lowest BCUT2D eigenvalue weighted by Crippen LogP contribution is -2.06. The molecule has 0 heterocycles. The Hall–Kier alpha value is -0.940. The van der Waals surface area contributed by atoms with Crippen LogP contribution in [0.2, 0.25) is 0 Å². The van der Waals surface area contributed by atoms with Crippen molar-refractivity contribution in [2.45, 2.75) is 6.18 Å². The van der Waals surface area contributed by atoms with E-state index < -0.39 is 25.0 Å². The van der Waals surface area contributed by atoms with E-state index in [1.54, 1.807) is 0 Å². The molecule has 0 aromatic carbocycles. The Labute approximate surface area is 65.2 Å². The molecule has 0 aromatic heterocycles. The third-order valence-corrected chi connectivity index (χ3v) is 0.476. The first-order valence-electron chi connectivity index (χ1n) is 2.60. The van der Waals surface area contributed by atoms with Crippen LogP contribution >= 0.6 is 0 Å². The Bertz CT molecular complexity index is 145. The van der Waals surface area contributed by atoms with E-state index in [9.17, 15) is 26.3 Å². The lowest BCUT2D eigenvalue weighted by molar-refractivity contribution is -0.109. The number of halogens is 6. The zero-order chi connectivity index (χ0) is 10.2. The number of alkyl halides is 4. The first-order valence-corrected chi connectivity index (χ1v) is 2.60. The van der Waals surface area contributed by atoms with E-state index in [4.69, 9.17) is 0 Å². The molecule has 0 N–H and O–H groups in total. The Morgan fingerprint density at radius 3 is 1.67 bits per heavy atom. The Kier molecular flexibility index (Phi) is 7.67. The molecule has 0 aliphatic rings. The van der Waals surface area contributed by atoms with Crippen LogP contribution in [-0.2, 0) is 0 Å². The fourth-order valence-corrected chi connectivity index (χ4v) is 0.0619. The molecule has 0 nitrogen and oxygen atoms in total. The average molecular weight is 192 g/mol. The summed E-state index contributed by atoms with van der Waals surface area (Å²) in [7, 11) is 0. The van der Waals surface area contributed by atoms with Gasteiger partial charge in [0, 0.05) is 0 Å². The Morgan fingerprint density at radius 1 is 1.33 bits per heavy atom. The summed E-state index contributed by atoms with van der Waals surface area (Å²) in [4.78, 5) is 0. The fourth-order valence-electron chi connectivity index (χ4n) is 0.0619. The molecule has 0 aromatic rings. The van der Waals surface area contributed by atoms with Crippen molar-refractivity contribution in [3.8, 4) is 0 Å². The molecule has 0 bridgehead atoms. The van der Waals surface area contributed by atoms with Crippen molar-refractivity contribution in [1.82, 2.24) is 0 Å². The van der Waals surface area contributed by atoms with E-state index in [0.29, 0.717) is 0 Å². The molecule has 0 aliphatic carbocycles. The summed E-state index contributed by atoms with van der Waals surface area (Å²) in [6.45, 7) is 2.69. The molecule has 0 radical (unpaired) electrons. The van der Waals surface area contributed by atoms with Crippen LogP contribution in [0.15, 0.2) is 24.8 Å². The van der Waals surface area contributed by atoms with Gasteiger partial charge in [-0.25, -0.2) is 8.78 Å². The molecule has 0 saturated carbocycles. The van der Waals surface area contributed by atoms with E-state index in [1.165, 1.54) is 6.08 Å². The van der Waals surface area contributed by atoms with Crippen LogP contribution in [0.4, 0.5) is 26.3 Å². The number of rotatable bonds is 1. The van der Waals surface area contributed by atoms with Crippen LogP contribution in [0.3, 0.4) is 0 Å². The highest BCUT2D eigenvalue weighted by molar-refractivity contribution is 4.92. The molecule has 0 fully saturated rings. The quantitative estimate of drug-likeness (QED) is 0.440. The largest absolute Gasteiger partial charge is 0.445 e. The highest BCUT2D eigenvalue weighted by atomic mass is 19.4. The lowest BCUT2D eigenvalue weighted by Gasteiger charge is -1.97. The minimum absolute atomic E-state index is 0.417. The SMILES string of the molecule is C=CCF.FC=C(F)C(F)(F)F. The van der Waals surface area contributed by atoms with E-state index >= 15 is 0 Å². The summed E-state index contributed by atoms with van der Waals surface area (Å²) in [6, 6.07) is 0. The second-order valence-corrected chi connectivity index (χ2v) is 1.40. The third-order valence-electron chi connectivity index (χ3n) is 0.476. The number of hydrogen-bond donors (Lipinski definition) is 0. The van der Waals surface area contributed by atoms with E-state index in [1.807, 2.05) is 0 Å². The van der Waals surface area contributed by atoms with E-state index in [-0.39, 0.29) is 0 Å². The van der Waals surface area contributed by atoms with Crippen LogP contribution in [-0.4, -0.2) is 12.9 Å². The minimum Gasteiger partial charge on any atom is -0.247 e. The second-order valence-electron chi connectivity index (χ2n) is 1.40. The number of hydrogen-bond acceptors (Lipinski definition) is 0. The van der Waals surface area contributed by atoms with Gasteiger partial charge < -0.3 is 0 Å². The van der Waals surface area contributed by atoms with Gasteiger partial charge >= 0.3 is 6.18 Å². The molecule has 0 unspecified atom stereocenters. The molecule has 0 atom stereocenters. The Balaban J connectivity index is 0. The first-order chi connectivity index (χ1) is 5.40. The molecular weight excluding hydrogens is 186 g/mol. The van der Waals surface area contributed by atoms with Crippen LogP contribution in [0.5, 0.6) is 0 Å². The van der Waals surface area contributed by atoms with Gasteiger partial charge in [0.15, 0.2) is 0 Å². The van der Waals surface area contributed by atoms with Crippen LogP contribution in [0.25, 0.3) is 0 Å². The molecule has 0 aliphatic heterocycles. The van der Waals surface area contributed by atoms with Gasteiger partial charge in [-0.3, -0.25) is 0 Å². The first kappa shape index (κ1) is 13.6. The van der Waals surface area contributed by atoms with Gasteiger partial charge in [0.1, 0.15) is 13.0 Å². The predicted octanol–water partition coefficient (Wildman–Crippen LogP) is 3.47. The highest BCUT2D eigenvalue weighted by Crippen LogP contribution is 2.25. The van der Waals surface area contributed by atoms with Gasteiger partial charge in [0.2, 0.25) is 5.83 Å². The van der Waals surface area contributed by atoms with Gasteiger partial charge in [0.05, 0.1) is 0 Å². The molecule has 0 spiro atoms. The van der Waals surface area contributed by atoms with Gasteiger partial charge in [-0.1, -0.05) is 6.08 Å². The van der Waals surface area contributed by atoms with Crippen LogP contribution < -0.4 is 0 Å². The van der Waals surface area contributed by atoms with Gasteiger partial charge in [-0.05, 0) is 0 Å². The maximum atomic E-state index is 11.0. The summed E-state index contributed by atoms with van der Waals surface area (Å²) < 4.78 is 64.5. The summed E-state index contributed by atoms with van der Waals surface area (Å²) in [6.07, 6.45) is -5.09. The van der Waals surface area contributed by atoms with Gasteiger partial charge in [-0.15, -0.1) is 6.58 Å². The monoisotopic (exact) mass is 192 g/mol. The molecule has 0 rings (SSSR count). The van der Waals surface area contributed by atoms with Crippen LogP contribution in [0.1, 0.15) is 0 Å². The topological polar surface area (TPSA) is 0 Å². The van der Waals surface area contributed by atoms with Crippen molar-refractivity contribution in [2.24, 2.45) is 0 Å². The molecule has 6 heteroatoms. The molecule has 0 amide bonds. The van der Waals surface area contributed by atoms with Crippen molar-refractivity contribution in [3.63, 3.8) is 0 Å². The van der Waals surface area contributed by atoms with Crippen molar-refractivity contribution in [3.05, 3.63) is 24.8 Å². The van der Waals surface area contributed by atoms with E-state index in [0.717, 1.165) is 0 Å². The zero-order valence-electron chi connectivity index (χ0n) is 5.84. The predicted molar refractivity (Wildman–Crippen MR) is 32.5 cm³/mol. The van der Waals surface area contributed by atoms with Crippen molar-refractivity contribution < 1.29 is 26.3 Å². The summed E-state index contributed by atoms with van der Waals surface area (Å²) in [5.41, 5.74) is 0. The number of allylic oxidation sites excluding steroid dienone is 2. The Morgan fingerprint density at radius 2 is 1.67 bits per heavy atom. The summed E-state index contributed by atoms with van der Waals surface area (Å²) in [5, 5.41) is 0. The smallest absolute Gasteiger partial charge is 0.247 e. The average Bonchev–Trinajstić information content (AvgIpc) is 2.02. The van der Waals surface area contributed by atoms with Crippen molar-refractivity contribution in [1.29, 1.82) is 0 Å². The maximum absolute atomic E-state index is 11.0. The van der Waals surface area contributed by atoms with E-state index in [2.05, 4.69) is 6.58 Å². The fraction of sp³-hybridized carbons (Fsp3) is 0.333. The normalized spacial score (nSPS) is 11.7. The molecule has 12 heavy (non-hydrogen) atoms. The second kappa shape index (κ2) is 6.75. The van der Waals surface area contributed by atoms with Crippen molar-refractivity contribution >= 4 is 0 Å². The lowest BCUT2D eigenvalue weighted by atomic mass is 10.6. The zero-order valence-corrected chi connectivity index (χ0v) is 5.84. The summed E-state index contributed by atoms with van der Waals surface area (Å²) in [5.74, 6) is -2.71.